The Kier molecular flexibility index (Phi) is 6.93. The highest BCUT2D eigenvalue weighted by Gasteiger charge is 2.03. The van der Waals surface area contributed by atoms with Crippen molar-refractivity contribution in [2.24, 2.45) is 5.92 Å². The number of carboxylic acids is 1. The zero-order valence-corrected chi connectivity index (χ0v) is 11.9. The van der Waals surface area contributed by atoms with E-state index in [4.69, 9.17) is 5.11 Å². The van der Waals surface area contributed by atoms with E-state index in [2.05, 4.69) is 24.1 Å². The van der Waals surface area contributed by atoms with Crippen LogP contribution in [0, 0.1) is 5.92 Å². The van der Waals surface area contributed by atoms with Gasteiger partial charge in [0.15, 0.2) is 0 Å². The second-order valence-corrected chi connectivity index (χ2v) is 5.26. The molecule has 0 radical (unpaired) electrons. The van der Waals surface area contributed by atoms with Crippen molar-refractivity contribution in [3.05, 3.63) is 23.9 Å². The third-order valence-electron chi connectivity index (χ3n) is 3.02. The first-order valence-electron chi connectivity index (χ1n) is 7.03. The highest BCUT2D eigenvalue weighted by molar-refractivity contribution is 5.88. The number of nitrogens with zero attached hydrogens (tertiary/aromatic N) is 1. The third-order valence-corrected chi connectivity index (χ3v) is 3.02. The fraction of sp³-hybridized carbons (Fsp3) is 0.600. The summed E-state index contributed by atoms with van der Waals surface area (Å²) >= 11 is 0. The van der Waals surface area contributed by atoms with Gasteiger partial charge in [0.1, 0.15) is 5.82 Å². The van der Waals surface area contributed by atoms with E-state index in [1.54, 1.807) is 6.07 Å². The number of aromatic nitrogens is 1. The van der Waals surface area contributed by atoms with Gasteiger partial charge in [0.25, 0.3) is 0 Å². The van der Waals surface area contributed by atoms with E-state index in [0.717, 1.165) is 18.9 Å². The normalized spacial score (nSPS) is 10.7. The summed E-state index contributed by atoms with van der Waals surface area (Å²) in [7, 11) is 0. The van der Waals surface area contributed by atoms with Crippen molar-refractivity contribution in [2.75, 3.05) is 11.9 Å². The highest BCUT2D eigenvalue weighted by Crippen LogP contribution is 2.10. The lowest BCUT2D eigenvalue weighted by Crippen LogP contribution is -2.05. The summed E-state index contributed by atoms with van der Waals surface area (Å²) in [4.78, 5) is 14.9. The van der Waals surface area contributed by atoms with Gasteiger partial charge in [0.05, 0.1) is 5.56 Å². The van der Waals surface area contributed by atoms with Crippen molar-refractivity contribution in [3.8, 4) is 0 Å². The van der Waals surface area contributed by atoms with Gasteiger partial charge in [-0.15, -0.1) is 0 Å². The van der Waals surface area contributed by atoms with Crippen molar-refractivity contribution in [2.45, 2.75) is 46.0 Å². The van der Waals surface area contributed by atoms with E-state index in [1.165, 1.54) is 37.9 Å². The van der Waals surface area contributed by atoms with Gasteiger partial charge in [-0.1, -0.05) is 39.5 Å². The van der Waals surface area contributed by atoms with E-state index in [0.29, 0.717) is 5.82 Å². The number of pyridine rings is 1. The third kappa shape index (κ3) is 6.79. The largest absolute Gasteiger partial charge is 0.478 e. The van der Waals surface area contributed by atoms with Crippen LogP contribution in [0.15, 0.2) is 18.3 Å². The van der Waals surface area contributed by atoms with Crippen molar-refractivity contribution >= 4 is 11.8 Å². The van der Waals surface area contributed by atoms with E-state index >= 15 is 0 Å². The number of aromatic carboxylic acids is 1. The van der Waals surface area contributed by atoms with Crippen LogP contribution in [0.1, 0.15) is 56.3 Å². The molecular formula is C15H24N2O2. The molecule has 0 spiro atoms. The van der Waals surface area contributed by atoms with E-state index in [1.807, 2.05) is 0 Å². The quantitative estimate of drug-likeness (QED) is 0.666. The maximum atomic E-state index is 10.8. The molecule has 1 heterocycles. The lowest BCUT2D eigenvalue weighted by atomic mass is 10.0. The predicted molar refractivity (Wildman–Crippen MR) is 77.6 cm³/mol. The topological polar surface area (TPSA) is 62.2 Å². The average molecular weight is 264 g/mol. The van der Waals surface area contributed by atoms with Crippen LogP contribution >= 0.6 is 0 Å². The number of unbranched alkanes of at least 4 members (excludes halogenated alkanes) is 3. The highest BCUT2D eigenvalue weighted by atomic mass is 16.4. The van der Waals surface area contributed by atoms with Gasteiger partial charge in [-0.05, 0) is 24.5 Å². The first kappa shape index (κ1) is 15.5. The molecule has 2 N–H and O–H groups in total. The van der Waals surface area contributed by atoms with E-state index in [-0.39, 0.29) is 5.56 Å². The Morgan fingerprint density at radius 3 is 2.74 bits per heavy atom. The minimum Gasteiger partial charge on any atom is -0.478 e. The maximum absolute atomic E-state index is 10.8. The summed E-state index contributed by atoms with van der Waals surface area (Å²) in [5.41, 5.74) is 0.273. The van der Waals surface area contributed by atoms with Crippen molar-refractivity contribution in [1.29, 1.82) is 0 Å². The summed E-state index contributed by atoms with van der Waals surface area (Å²) < 4.78 is 0. The number of rotatable bonds is 9. The molecule has 0 bridgehead atoms. The van der Waals surface area contributed by atoms with Gasteiger partial charge >= 0.3 is 5.97 Å². The van der Waals surface area contributed by atoms with Crippen molar-refractivity contribution in [3.63, 3.8) is 0 Å². The molecular weight excluding hydrogens is 240 g/mol. The summed E-state index contributed by atoms with van der Waals surface area (Å²) in [6.07, 6.45) is 7.69. The summed E-state index contributed by atoms with van der Waals surface area (Å²) in [6.45, 7) is 5.35. The number of carboxylic acid groups (broad SMARTS) is 1. The average Bonchev–Trinajstić information content (AvgIpc) is 2.37. The Hall–Kier alpha value is -1.58. The summed E-state index contributed by atoms with van der Waals surface area (Å²) in [5.74, 6) is 0.516. The van der Waals surface area contributed by atoms with Crippen molar-refractivity contribution < 1.29 is 9.90 Å². The van der Waals surface area contributed by atoms with Crippen LogP contribution in [0.3, 0.4) is 0 Å². The summed E-state index contributed by atoms with van der Waals surface area (Å²) in [5, 5.41) is 12.0. The molecule has 0 aliphatic heterocycles. The fourth-order valence-corrected chi connectivity index (χ4v) is 1.91. The van der Waals surface area contributed by atoms with Crippen LogP contribution in [0.2, 0.25) is 0 Å². The minimum absolute atomic E-state index is 0.273. The molecule has 4 heteroatoms. The van der Waals surface area contributed by atoms with Gasteiger partial charge in [-0.3, -0.25) is 0 Å². The lowest BCUT2D eigenvalue weighted by Gasteiger charge is -2.07. The Bertz CT molecular complexity index is 391. The molecule has 1 rings (SSSR count). The molecule has 0 aliphatic carbocycles. The molecule has 0 amide bonds. The molecule has 0 unspecified atom stereocenters. The van der Waals surface area contributed by atoms with Gasteiger partial charge in [0, 0.05) is 12.7 Å². The lowest BCUT2D eigenvalue weighted by molar-refractivity contribution is 0.0697. The second kappa shape index (κ2) is 8.51. The molecule has 0 saturated heterocycles. The second-order valence-electron chi connectivity index (χ2n) is 5.26. The van der Waals surface area contributed by atoms with Crippen LogP contribution in [-0.2, 0) is 0 Å². The van der Waals surface area contributed by atoms with Crippen LogP contribution in [0.4, 0.5) is 5.82 Å². The standard InChI is InChI=1S/C15H24N2O2/c1-12(2)7-5-3-4-6-9-16-14-11-13(15(18)19)8-10-17-14/h8,10-12H,3-7,9H2,1-2H3,(H,16,17)(H,18,19). The molecule has 4 nitrogen and oxygen atoms in total. The first-order valence-corrected chi connectivity index (χ1v) is 7.03. The van der Waals surface area contributed by atoms with Crippen molar-refractivity contribution in [1.82, 2.24) is 4.98 Å². The number of nitrogens with one attached hydrogen (secondary N) is 1. The minimum atomic E-state index is -0.917. The SMILES string of the molecule is CC(C)CCCCCCNc1cc(C(=O)O)ccn1. The monoisotopic (exact) mass is 264 g/mol. The van der Waals surface area contributed by atoms with Gasteiger partial charge in [-0.2, -0.15) is 0 Å². The number of hydrogen-bond donors (Lipinski definition) is 2. The molecule has 0 aliphatic rings. The molecule has 0 fully saturated rings. The Labute approximate surface area is 115 Å². The van der Waals surface area contributed by atoms with E-state index in [9.17, 15) is 4.79 Å². The Morgan fingerprint density at radius 1 is 1.32 bits per heavy atom. The van der Waals surface area contributed by atoms with Crippen LogP contribution in [0.25, 0.3) is 0 Å². The molecule has 1 aromatic heterocycles. The predicted octanol–water partition coefficient (Wildman–Crippen LogP) is 3.80. The van der Waals surface area contributed by atoms with Gasteiger partial charge < -0.3 is 10.4 Å². The molecule has 1 aromatic rings. The zero-order chi connectivity index (χ0) is 14.1. The van der Waals surface area contributed by atoms with E-state index < -0.39 is 5.97 Å². The number of carbonyl (C=O) groups is 1. The van der Waals surface area contributed by atoms with Crippen LogP contribution in [0.5, 0.6) is 0 Å². The smallest absolute Gasteiger partial charge is 0.335 e. The molecule has 0 aromatic carbocycles. The molecule has 19 heavy (non-hydrogen) atoms. The first-order chi connectivity index (χ1) is 9.09. The van der Waals surface area contributed by atoms with Gasteiger partial charge in [0.2, 0.25) is 0 Å². The molecule has 106 valence electrons. The zero-order valence-electron chi connectivity index (χ0n) is 11.9. The van der Waals surface area contributed by atoms with Crippen LogP contribution < -0.4 is 5.32 Å². The fourth-order valence-electron chi connectivity index (χ4n) is 1.91. The summed E-state index contributed by atoms with van der Waals surface area (Å²) in [6, 6.07) is 3.07. The number of hydrogen-bond acceptors (Lipinski definition) is 3. The van der Waals surface area contributed by atoms with Gasteiger partial charge in [-0.25, -0.2) is 9.78 Å². The molecule has 0 atom stereocenters. The molecule has 0 saturated carbocycles. The number of anilines is 1. The van der Waals surface area contributed by atoms with Crippen LogP contribution in [-0.4, -0.2) is 22.6 Å². The maximum Gasteiger partial charge on any atom is 0.335 e. The Morgan fingerprint density at radius 2 is 2.05 bits per heavy atom. The Balaban J connectivity index is 2.15.